The summed E-state index contributed by atoms with van der Waals surface area (Å²) in [5, 5.41) is 8.66. The molecule has 0 radical (unpaired) electrons. The van der Waals surface area contributed by atoms with Crippen molar-refractivity contribution < 1.29 is 31.1 Å². The van der Waals surface area contributed by atoms with Crippen LogP contribution >= 0.6 is 0 Å². The van der Waals surface area contributed by atoms with Crippen LogP contribution in [-0.2, 0) is 26.3 Å². The maximum atomic E-state index is 13.6. The normalized spacial score (nSPS) is 14.0. The Morgan fingerprint density at radius 1 is 0.977 bits per heavy atom. The number of aryl methyl sites for hydroxylation is 1. The van der Waals surface area contributed by atoms with E-state index in [0.717, 1.165) is 23.6 Å². The second-order valence-corrected chi connectivity index (χ2v) is 10.4. The molecule has 230 valence electrons. The number of aromatic nitrogens is 8. The summed E-state index contributed by atoms with van der Waals surface area (Å²) in [5.74, 6) is 0.671. The number of benzene rings is 1. The van der Waals surface area contributed by atoms with Crippen molar-refractivity contribution in [1.29, 1.82) is 5.41 Å². The van der Waals surface area contributed by atoms with Crippen LogP contribution in [0.2, 0.25) is 0 Å². The first-order chi connectivity index (χ1) is 20.8. The Labute approximate surface area is 245 Å². The van der Waals surface area contributed by atoms with E-state index in [2.05, 4.69) is 24.9 Å². The third-order valence-corrected chi connectivity index (χ3v) is 7.18. The highest BCUT2D eigenvalue weighted by Gasteiger charge is 2.35. The van der Waals surface area contributed by atoms with E-state index in [0.29, 0.717) is 29.0 Å². The summed E-state index contributed by atoms with van der Waals surface area (Å²) in [7, 11) is 1.45. The molecule has 1 aromatic carbocycles. The zero-order valence-corrected chi connectivity index (χ0v) is 23.4. The summed E-state index contributed by atoms with van der Waals surface area (Å²) in [6, 6.07) is 6.36. The van der Waals surface area contributed by atoms with Gasteiger partial charge < -0.3 is 9.30 Å². The van der Waals surface area contributed by atoms with Gasteiger partial charge >= 0.3 is 12.4 Å². The lowest BCUT2D eigenvalue weighted by molar-refractivity contribution is -0.141. The molecule has 1 fully saturated rings. The van der Waals surface area contributed by atoms with Gasteiger partial charge in [-0.1, -0.05) is 24.3 Å². The number of alkyl halides is 6. The van der Waals surface area contributed by atoms with Gasteiger partial charge in [0.2, 0.25) is 11.5 Å². The maximum absolute atomic E-state index is 13.6. The van der Waals surface area contributed by atoms with Crippen molar-refractivity contribution >= 4 is 11.2 Å². The Hall–Kier alpha value is -4.76. The Bertz CT molecular complexity index is 1900. The maximum Gasteiger partial charge on any atom is 0.434 e. The van der Waals surface area contributed by atoms with Crippen LogP contribution in [0, 0.1) is 5.41 Å². The number of ether oxygens (including phenoxy) is 1. The lowest BCUT2D eigenvalue weighted by atomic mass is 10.1. The van der Waals surface area contributed by atoms with Crippen molar-refractivity contribution in [2.75, 3.05) is 6.61 Å². The van der Waals surface area contributed by atoms with Crippen LogP contribution in [0.5, 0.6) is 5.88 Å². The molecule has 5 aromatic rings. The second-order valence-electron chi connectivity index (χ2n) is 10.4. The van der Waals surface area contributed by atoms with Gasteiger partial charge in [-0.05, 0) is 25.3 Å². The number of nitrogens with zero attached hydrogens (tertiary/aromatic N) is 8. The highest BCUT2D eigenvalue weighted by atomic mass is 19.4. The smallest absolute Gasteiger partial charge is 0.434 e. The molecule has 0 bridgehead atoms. The Kier molecular flexibility index (Phi) is 7.16. The number of imidazole rings is 2. The van der Waals surface area contributed by atoms with Gasteiger partial charge in [0.25, 0.3) is 0 Å². The number of rotatable bonds is 8. The van der Waals surface area contributed by atoms with E-state index in [1.165, 1.54) is 28.7 Å². The molecule has 1 aliphatic rings. The van der Waals surface area contributed by atoms with Gasteiger partial charge in [0.1, 0.15) is 29.8 Å². The van der Waals surface area contributed by atoms with Gasteiger partial charge in [0.05, 0.1) is 25.0 Å². The molecule has 1 saturated carbocycles. The number of fused-ring (bicyclic) bond motifs is 1. The molecule has 0 aliphatic heterocycles. The van der Waals surface area contributed by atoms with E-state index >= 15 is 0 Å². The van der Waals surface area contributed by atoms with E-state index < -0.39 is 30.2 Å². The van der Waals surface area contributed by atoms with Gasteiger partial charge in [-0.15, -0.1) is 0 Å². The lowest BCUT2D eigenvalue weighted by Gasteiger charge is -2.12. The molecular weight excluding hydrogens is 592 g/mol. The molecule has 16 heteroatoms. The van der Waals surface area contributed by atoms with Crippen LogP contribution in [0.15, 0.2) is 43.0 Å². The molecular formula is C28H25F6N9O. The van der Waals surface area contributed by atoms with E-state index in [4.69, 9.17) is 10.1 Å². The quantitative estimate of drug-likeness (QED) is 0.231. The zero-order valence-electron chi connectivity index (χ0n) is 23.4. The molecule has 10 nitrogen and oxygen atoms in total. The predicted molar refractivity (Wildman–Crippen MR) is 144 cm³/mol. The Morgan fingerprint density at radius 2 is 1.70 bits per heavy atom. The number of hydrogen-bond donors (Lipinski definition) is 1. The van der Waals surface area contributed by atoms with Crippen molar-refractivity contribution in [2.45, 2.75) is 51.1 Å². The first-order valence-electron chi connectivity index (χ1n) is 13.6. The van der Waals surface area contributed by atoms with Gasteiger partial charge in [-0.3, -0.25) is 14.5 Å². The molecule has 6 rings (SSSR count). The van der Waals surface area contributed by atoms with Crippen LogP contribution in [0.25, 0.3) is 33.9 Å². The number of halogens is 6. The van der Waals surface area contributed by atoms with Crippen LogP contribution < -0.4 is 10.4 Å². The largest absolute Gasteiger partial charge is 0.477 e. The SMILES string of the molecule is CCOc1ncnc(C2CC2)c1-c1ncc2c(n1)n(Cc1ccc(-c3nc(C(F)(F)F)cn3C)cc1)c(=N)n2CC(F)(F)F. The monoisotopic (exact) mass is 617 g/mol. The van der Waals surface area contributed by atoms with E-state index in [9.17, 15) is 26.3 Å². The molecule has 4 heterocycles. The van der Waals surface area contributed by atoms with E-state index in [-0.39, 0.29) is 41.2 Å². The van der Waals surface area contributed by atoms with Crippen LogP contribution in [-0.4, -0.2) is 51.4 Å². The summed E-state index contributed by atoms with van der Waals surface area (Å²) in [6.07, 6.45) is -3.88. The predicted octanol–water partition coefficient (Wildman–Crippen LogP) is 5.48. The molecule has 0 saturated heterocycles. The molecule has 1 aliphatic carbocycles. The standard InChI is InChI=1S/C28H25F6N9O/c1-3-44-25-20(21(16-8-9-16)37-14-38-25)22-36-10-18-24(40-22)42(26(35)43(18)13-27(29,30)31)11-15-4-6-17(7-5-15)23-39-19(12-41(23)2)28(32,33)34/h4-7,10,12,14,16,35H,3,8-9,11,13H2,1-2H3. The average molecular weight is 618 g/mol. The van der Waals surface area contributed by atoms with Gasteiger partial charge in [0, 0.05) is 24.7 Å². The van der Waals surface area contributed by atoms with E-state index in [1.807, 2.05) is 0 Å². The highest BCUT2D eigenvalue weighted by molar-refractivity contribution is 5.76. The molecule has 0 amide bonds. The van der Waals surface area contributed by atoms with E-state index in [1.54, 1.807) is 31.2 Å². The molecule has 0 spiro atoms. The lowest BCUT2D eigenvalue weighted by Crippen LogP contribution is -2.30. The Balaban J connectivity index is 1.43. The summed E-state index contributed by atoms with van der Waals surface area (Å²) in [4.78, 5) is 21.3. The average Bonchev–Trinajstić information content (AvgIpc) is 3.69. The van der Waals surface area contributed by atoms with Crippen molar-refractivity contribution in [2.24, 2.45) is 7.05 Å². The molecule has 4 aromatic heterocycles. The summed E-state index contributed by atoms with van der Waals surface area (Å²) < 4.78 is 89.2. The fourth-order valence-electron chi connectivity index (χ4n) is 5.04. The highest BCUT2D eigenvalue weighted by Crippen LogP contribution is 2.45. The minimum atomic E-state index is -4.62. The third kappa shape index (κ3) is 5.63. The van der Waals surface area contributed by atoms with Gasteiger partial charge in [-0.25, -0.2) is 24.9 Å². The minimum Gasteiger partial charge on any atom is -0.477 e. The fourth-order valence-corrected chi connectivity index (χ4v) is 5.04. The molecule has 44 heavy (non-hydrogen) atoms. The topological polar surface area (TPSA) is 112 Å². The van der Waals surface area contributed by atoms with Crippen LogP contribution in [0.4, 0.5) is 26.3 Å². The summed E-state index contributed by atoms with van der Waals surface area (Å²) in [6.45, 7) is 0.619. The molecule has 1 N–H and O–H groups in total. The van der Waals surface area contributed by atoms with Crippen LogP contribution in [0.3, 0.4) is 0 Å². The van der Waals surface area contributed by atoms with Crippen molar-refractivity contribution in [3.8, 4) is 28.7 Å². The first-order valence-corrected chi connectivity index (χ1v) is 13.6. The number of hydrogen-bond acceptors (Lipinski definition) is 7. The van der Waals surface area contributed by atoms with Crippen molar-refractivity contribution in [3.05, 3.63) is 65.6 Å². The minimum absolute atomic E-state index is 0.00293. The van der Waals surface area contributed by atoms with Crippen molar-refractivity contribution in [3.63, 3.8) is 0 Å². The number of nitrogens with one attached hydrogen (secondary N) is 1. The Morgan fingerprint density at radius 3 is 2.32 bits per heavy atom. The molecule has 0 atom stereocenters. The van der Waals surface area contributed by atoms with Gasteiger partial charge in [0.15, 0.2) is 17.2 Å². The second kappa shape index (κ2) is 10.7. The first kappa shape index (κ1) is 29.3. The fraction of sp³-hybridized carbons (Fsp3) is 0.357. The van der Waals surface area contributed by atoms with Crippen molar-refractivity contribution in [1.82, 2.24) is 38.6 Å². The summed E-state index contributed by atoms with van der Waals surface area (Å²) in [5.41, 5.74) is 0.730. The summed E-state index contributed by atoms with van der Waals surface area (Å²) >= 11 is 0. The third-order valence-electron chi connectivity index (χ3n) is 7.18. The van der Waals surface area contributed by atoms with Crippen LogP contribution in [0.1, 0.15) is 42.6 Å². The molecule has 0 unspecified atom stereocenters. The zero-order chi connectivity index (χ0) is 31.4. The van der Waals surface area contributed by atoms with Gasteiger partial charge in [-0.2, -0.15) is 26.3 Å².